The van der Waals surface area contributed by atoms with Gasteiger partial charge in [-0.25, -0.2) is 0 Å². The predicted molar refractivity (Wildman–Crippen MR) is 70.4 cm³/mol. The summed E-state index contributed by atoms with van der Waals surface area (Å²) in [5.74, 6) is 0.789. The van der Waals surface area contributed by atoms with Gasteiger partial charge in [0.2, 0.25) is 0 Å². The maximum Gasteiger partial charge on any atom is 0.0831 e. The molecule has 0 saturated carbocycles. The Balaban J connectivity index is 2.53. The molecule has 0 radical (unpaired) electrons. The van der Waals surface area contributed by atoms with E-state index in [0.29, 0.717) is 0 Å². The van der Waals surface area contributed by atoms with Crippen molar-refractivity contribution in [2.45, 2.75) is 65.4 Å². The lowest BCUT2D eigenvalue weighted by Gasteiger charge is -2.30. The van der Waals surface area contributed by atoms with Crippen LogP contribution in [-0.4, -0.2) is 10.7 Å². The summed E-state index contributed by atoms with van der Waals surface area (Å²) in [7, 11) is 0. The molecular weight excluding hydrogens is 196 g/mol. The predicted octanol–water partition coefficient (Wildman–Crippen LogP) is 4.23. The summed E-state index contributed by atoms with van der Waals surface area (Å²) in [6.07, 6.45) is 9.72. The van der Waals surface area contributed by atoms with E-state index in [-0.39, 0.29) is 0 Å². The molecule has 0 aromatic carbocycles. The quantitative estimate of drug-likeness (QED) is 0.706. The molecule has 2 unspecified atom stereocenters. The minimum Gasteiger partial charge on any atom is -0.386 e. The van der Waals surface area contributed by atoms with Gasteiger partial charge in [0.15, 0.2) is 0 Å². The Morgan fingerprint density at radius 2 is 2.25 bits per heavy atom. The molecule has 0 aromatic heterocycles. The van der Waals surface area contributed by atoms with Gasteiger partial charge in [-0.15, -0.1) is 0 Å². The van der Waals surface area contributed by atoms with E-state index < -0.39 is 5.60 Å². The van der Waals surface area contributed by atoms with Gasteiger partial charge in [-0.05, 0) is 64.4 Å². The zero-order valence-electron chi connectivity index (χ0n) is 11.2. The summed E-state index contributed by atoms with van der Waals surface area (Å²) in [5, 5.41) is 10.4. The van der Waals surface area contributed by atoms with Crippen LogP contribution in [0.5, 0.6) is 0 Å². The molecule has 1 N–H and O–H groups in total. The van der Waals surface area contributed by atoms with Crippen molar-refractivity contribution in [3.8, 4) is 0 Å². The van der Waals surface area contributed by atoms with Gasteiger partial charge in [-0.3, -0.25) is 0 Å². The molecule has 1 nitrogen and oxygen atoms in total. The Hall–Kier alpha value is -0.560. The molecule has 0 amide bonds. The Kier molecular flexibility index (Phi) is 4.79. The molecule has 0 aromatic rings. The molecule has 1 rings (SSSR count). The van der Waals surface area contributed by atoms with Crippen LogP contribution in [0.3, 0.4) is 0 Å². The van der Waals surface area contributed by atoms with Gasteiger partial charge in [-0.2, -0.15) is 0 Å². The van der Waals surface area contributed by atoms with Crippen molar-refractivity contribution < 1.29 is 5.11 Å². The highest BCUT2D eigenvalue weighted by Crippen LogP contribution is 2.32. The van der Waals surface area contributed by atoms with Crippen LogP contribution in [0.25, 0.3) is 0 Å². The van der Waals surface area contributed by atoms with Crippen LogP contribution in [0.15, 0.2) is 23.3 Å². The van der Waals surface area contributed by atoms with Gasteiger partial charge in [0.05, 0.1) is 5.60 Å². The zero-order valence-corrected chi connectivity index (χ0v) is 11.2. The third kappa shape index (κ3) is 4.13. The van der Waals surface area contributed by atoms with Gasteiger partial charge >= 0.3 is 0 Å². The Morgan fingerprint density at radius 3 is 2.75 bits per heavy atom. The smallest absolute Gasteiger partial charge is 0.0831 e. The van der Waals surface area contributed by atoms with Crippen molar-refractivity contribution in [3.63, 3.8) is 0 Å². The van der Waals surface area contributed by atoms with Crippen molar-refractivity contribution in [3.05, 3.63) is 23.3 Å². The fourth-order valence-electron chi connectivity index (χ4n) is 2.26. The molecule has 0 fully saturated rings. The fourth-order valence-corrected chi connectivity index (χ4v) is 2.26. The van der Waals surface area contributed by atoms with E-state index in [1.165, 1.54) is 17.6 Å². The molecule has 0 aliphatic heterocycles. The van der Waals surface area contributed by atoms with Crippen LogP contribution in [0.1, 0.15) is 59.8 Å². The van der Waals surface area contributed by atoms with Gasteiger partial charge < -0.3 is 5.11 Å². The van der Waals surface area contributed by atoms with Gasteiger partial charge in [-0.1, -0.05) is 24.6 Å². The molecule has 0 bridgehead atoms. The first-order valence-electron chi connectivity index (χ1n) is 6.47. The Morgan fingerprint density at radius 1 is 1.56 bits per heavy atom. The lowest BCUT2D eigenvalue weighted by atomic mass is 9.81. The van der Waals surface area contributed by atoms with E-state index in [2.05, 4.69) is 32.9 Å². The minimum atomic E-state index is -0.591. The number of hydrogen-bond acceptors (Lipinski definition) is 1. The van der Waals surface area contributed by atoms with Gasteiger partial charge in [0.1, 0.15) is 0 Å². The number of aliphatic hydroxyl groups is 1. The normalized spacial score (nSPS) is 24.6. The van der Waals surface area contributed by atoms with Gasteiger partial charge in [0.25, 0.3) is 0 Å². The van der Waals surface area contributed by atoms with Gasteiger partial charge in [0, 0.05) is 0 Å². The molecule has 0 saturated heterocycles. The second kappa shape index (κ2) is 5.67. The second-order valence-electron chi connectivity index (χ2n) is 5.70. The molecule has 2 atom stereocenters. The van der Waals surface area contributed by atoms with Crippen molar-refractivity contribution in [1.29, 1.82) is 0 Å². The molecule has 0 spiro atoms. The highest BCUT2D eigenvalue weighted by molar-refractivity contribution is 5.18. The lowest BCUT2D eigenvalue weighted by molar-refractivity contribution is 0.0833. The molecule has 1 heteroatoms. The average molecular weight is 222 g/mol. The van der Waals surface area contributed by atoms with Crippen LogP contribution in [0, 0.1) is 5.92 Å². The summed E-state index contributed by atoms with van der Waals surface area (Å²) in [5.41, 5.74) is 2.00. The second-order valence-corrected chi connectivity index (χ2v) is 5.70. The van der Waals surface area contributed by atoms with Crippen molar-refractivity contribution >= 4 is 0 Å². The lowest BCUT2D eigenvalue weighted by Crippen LogP contribution is -2.28. The molecular formula is C15H26O. The summed E-state index contributed by atoms with van der Waals surface area (Å²) < 4.78 is 0. The van der Waals surface area contributed by atoms with Crippen LogP contribution in [0.2, 0.25) is 0 Å². The monoisotopic (exact) mass is 222 g/mol. The molecule has 1 aliphatic rings. The third-order valence-corrected chi connectivity index (χ3v) is 3.55. The first-order valence-corrected chi connectivity index (χ1v) is 6.47. The fraction of sp³-hybridized carbons (Fsp3) is 0.733. The van der Waals surface area contributed by atoms with Crippen LogP contribution >= 0.6 is 0 Å². The minimum absolute atomic E-state index is 0.591. The van der Waals surface area contributed by atoms with E-state index in [4.69, 9.17) is 0 Å². The van der Waals surface area contributed by atoms with E-state index >= 15 is 0 Å². The molecule has 0 heterocycles. The van der Waals surface area contributed by atoms with Crippen LogP contribution < -0.4 is 0 Å². The SMILES string of the molecule is CC(C)=CCCC(C)(O)C1=CCC(C)CC1. The van der Waals surface area contributed by atoms with Crippen LogP contribution in [0.4, 0.5) is 0 Å². The highest BCUT2D eigenvalue weighted by Gasteiger charge is 2.26. The number of allylic oxidation sites excluding steroid dienone is 3. The summed E-state index contributed by atoms with van der Waals surface area (Å²) in [4.78, 5) is 0. The number of rotatable bonds is 4. The summed E-state index contributed by atoms with van der Waals surface area (Å²) in [6.45, 7) is 8.46. The van der Waals surface area contributed by atoms with E-state index in [1.54, 1.807) is 0 Å². The van der Waals surface area contributed by atoms with E-state index in [1.807, 2.05) is 6.92 Å². The first-order chi connectivity index (χ1) is 7.42. The topological polar surface area (TPSA) is 20.2 Å². The van der Waals surface area contributed by atoms with Crippen molar-refractivity contribution in [1.82, 2.24) is 0 Å². The maximum absolute atomic E-state index is 10.4. The van der Waals surface area contributed by atoms with Crippen LogP contribution in [-0.2, 0) is 0 Å². The first kappa shape index (κ1) is 13.5. The molecule has 16 heavy (non-hydrogen) atoms. The Labute approximate surface area is 100 Å². The van der Waals surface area contributed by atoms with E-state index in [0.717, 1.165) is 31.6 Å². The molecule has 1 aliphatic carbocycles. The standard InChI is InChI=1S/C15H26O/c1-12(2)6-5-11-15(4,16)14-9-7-13(3)8-10-14/h6,9,13,16H,5,7-8,10-11H2,1-4H3. The molecule has 92 valence electrons. The summed E-state index contributed by atoms with van der Waals surface area (Å²) in [6, 6.07) is 0. The largest absolute Gasteiger partial charge is 0.386 e. The third-order valence-electron chi connectivity index (χ3n) is 3.55. The zero-order chi connectivity index (χ0) is 12.2. The number of hydrogen-bond donors (Lipinski definition) is 1. The maximum atomic E-state index is 10.4. The van der Waals surface area contributed by atoms with Crippen molar-refractivity contribution in [2.24, 2.45) is 5.92 Å². The Bertz CT molecular complexity index is 280. The highest BCUT2D eigenvalue weighted by atomic mass is 16.3. The summed E-state index contributed by atoms with van der Waals surface area (Å²) >= 11 is 0. The van der Waals surface area contributed by atoms with Crippen molar-refractivity contribution in [2.75, 3.05) is 0 Å². The van der Waals surface area contributed by atoms with E-state index in [9.17, 15) is 5.11 Å². The average Bonchev–Trinajstić information content (AvgIpc) is 2.17.